The van der Waals surface area contributed by atoms with Gasteiger partial charge in [-0.05, 0) is 51.3 Å². The molecule has 0 aliphatic carbocycles. The highest BCUT2D eigenvalue weighted by molar-refractivity contribution is 9.10. The molecule has 0 bridgehead atoms. The van der Waals surface area contributed by atoms with Crippen LogP contribution in [-0.4, -0.2) is 11.9 Å². The standard InChI is InChI=1S/C15H12BrClO3/c16-12-6-10(7-14-15(12)20-8-19-14)13(18)5-9-1-3-11(17)4-2-9/h1-4,6-7,13,18H,5,8H2. The lowest BCUT2D eigenvalue weighted by Crippen LogP contribution is -2.02. The van der Waals surface area contributed by atoms with Crippen LogP contribution in [0.15, 0.2) is 40.9 Å². The Morgan fingerprint density at radius 3 is 2.70 bits per heavy atom. The van der Waals surface area contributed by atoms with Crippen molar-refractivity contribution in [3.63, 3.8) is 0 Å². The van der Waals surface area contributed by atoms with Crippen molar-refractivity contribution in [1.29, 1.82) is 0 Å². The molecule has 0 aromatic heterocycles. The van der Waals surface area contributed by atoms with Crippen molar-refractivity contribution in [2.75, 3.05) is 6.79 Å². The molecule has 1 heterocycles. The van der Waals surface area contributed by atoms with Gasteiger partial charge in [0.2, 0.25) is 6.79 Å². The fraction of sp³-hybridized carbons (Fsp3) is 0.200. The maximum absolute atomic E-state index is 10.3. The smallest absolute Gasteiger partial charge is 0.231 e. The number of aliphatic hydroxyl groups excluding tert-OH is 1. The molecule has 0 saturated carbocycles. The Bertz CT molecular complexity index is 628. The topological polar surface area (TPSA) is 38.7 Å². The van der Waals surface area contributed by atoms with E-state index in [2.05, 4.69) is 15.9 Å². The van der Waals surface area contributed by atoms with E-state index in [-0.39, 0.29) is 6.79 Å². The molecule has 1 N–H and O–H groups in total. The summed E-state index contributed by atoms with van der Waals surface area (Å²) in [5, 5.41) is 11.0. The van der Waals surface area contributed by atoms with Crippen molar-refractivity contribution in [2.24, 2.45) is 0 Å². The van der Waals surface area contributed by atoms with E-state index in [1.807, 2.05) is 36.4 Å². The van der Waals surface area contributed by atoms with Crippen molar-refractivity contribution in [3.8, 4) is 11.5 Å². The molecule has 0 saturated heterocycles. The highest BCUT2D eigenvalue weighted by Gasteiger charge is 2.20. The molecule has 104 valence electrons. The third-order valence-corrected chi connectivity index (χ3v) is 4.02. The zero-order chi connectivity index (χ0) is 14.1. The molecule has 1 aliphatic rings. The van der Waals surface area contributed by atoms with Gasteiger partial charge in [-0.1, -0.05) is 23.7 Å². The van der Waals surface area contributed by atoms with Crippen LogP contribution >= 0.6 is 27.5 Å². The lowest BCUT2D eigenvalue weighted by Gasteiger charge is -2.13. The second kappa shape index (κ2) is 5.64. The minimum atomic E-state index is -0.609. The van der Waals surface area contributed by atoms with Crippen molar-refractivity contribution in [1.82, 2.24) is 0 Å². The number of rotatable bonds is 3. The lowest BCUT2D eigenvalue weighted by atomic mass is 10.0. The fourth-order valence-corrected chi connectivity index (χ4v) is 2.84. The number of hydrogen-bond acceptors (Lipinski definition) is 3. The second-order valence-electron chi connectivity index (χ2n) is 4.58. The van der Waals surface area contributed by atoms with Crippen LogP contribution < -0.4 is 9.47 Å². The Balaban J connectivity index is 1.82. The summed E-state index contributed by atoms with van der Waals surface area (Å²) >= 11 is 9.28. The largest absolute Gasteiger partial charge is 0.454 e. The van der Waals surface area contributed by atoms with E-state index in [1.165, 1.54) is 0 Å². The summed E-state index contributed by atoms with van der Waals surface area (Å²) in [6.45, 7) is 0.213. The molecule has 3 nitrogen and oxygen atoms in total. The fourth-order valence-electron chi connectivity index (χ4n) is 2.14. The van der Waals surface area contributed by atoms with Crippen molar-refractivity contribution in [2.45, 2.75) is 12.5 Å². The van der Waals surface area contributed by atoms with Gasteiger partial charge >= 0.3 is 0 Å². The van der Waals surface area contributed by atoms with Crippen LogP contribution in [0.4, 0.5) is 0 Å². The Morgan fingerprint density at radius 1 is 1.20 bits per heavy atom. The van der Waals surface area contributed by atoms with Crippen LogP contribution in [0.3, 0.4) is 0 Å². The Morgan fingerprint density at radius 2 is 1.95 bits per heavy atom. The zero-order valence-electron chi connectivity index (χ0n) is 10.5. The maximum atomic E-state index is 10.3. The van der Waals surface area contributed by atoms with E-state index in [1.54, 1.807) is 0 Å². The zero-order valence-corrected chi connectivity index (χ0v) is 12.8. The Hall–Kier alpha value is -1.23. The van der Waals surface area contributed by atoms with Crippen molar-refractivity contribution < 1.29 is 14.6 Å². The van der Waals surface area contributed by atoms with E-state index in [4.69, 9.17) is 21.1 Å². The lowest BCUT2D eigenvalue weighted by molar-refractivity contribution is 0.171. The van der Waals surface area contributed by atoms with E-state index < -0.39 is 6.10 Å². The molecule has 0 spiro atoms. The number of ether oxygens (including phenoxy) is 2. The minimum absolute atomic E-state index is 0.213. The molecular formula is C15H12BrClO3. The average molecular weight is 356 g/mol. The van der Waals surface area contributed by atoms with Crippen molar-refractivity contribution >= 4 is 27.5 Å². The quantitative estimate of drug-likeness (QED) is 0.900. The van der Waals surface area contributed by atoms with Gasteiger partial charge in [0.25, 0.3) is 0 Å². The van der Waals surface area contributed by atoms with Crippen LogP contribution in [0.1, 0.15) is 17.2 Å². The molecule has 3 rings (SSSR count). The summed E-state index contributed by atoms with van der Waals surface area (Å²) in [6.07, 6.45) is -0.0922. The van der Waals surface area contributed by atoms with Gasteiger partial charge in [0.1, 0.15) is 0 Å². The second-order valence-corrected chi connectivity index (χ2v) is 5.87. The van der Waals surface area contributed by atoms with Crippen molar-refractivity contribution in [3.05, 3.63) is 57.0 Å². The van der Waals surface area contributed by atoms with Gasteiger partial charge in [0, 0.05) is 11.4 Å². The Labute approximate surface area is 130 Å². The molecule has 5 heteroatoms. The van der Waals surface area contributed by atoms with Gasteiger partial charge in [-0.2, -0.15) is 0 Å². The van der Waals surface area contributed by atoms with E-state index in [9.17, 15) is 5.11 Å². The third-order valence-electron chi connectivity index (χ3n) is 3.18. The maximum Gasteiger partial charge on any atom is 0.231 e. The van der Waals surface area contributed by atoms with Gasteiger partial charge in [-0.25, -0.2) is 0 Å². The SMILES string of the molecule is OC(Cc1ccc(Cl)cc1)c1cc(Br)c2c(c1)OCO2. The highest BCUT2D eigenvalue weighted by Crippen LogP contribution is 2.41. The van der Waals surface area contributed by atoms with Gasteiger partial charge < -0.3 is 14.6 Å². The van der Waals surface area contributed by atoms with Crippen LogP contribution in [0.5, 0.6) is 11.5 Å². The highest BCUT2D eigenvalue weighted by atomic mass is 79.9. The van der Waals surface area contributed by atoms with E-state index >= 15 is 0 Å². The normalized spacial score (nSPS) is 14.3. The summed E-state index contributed by atoms with van der Waals surface area (Å²) in [6, 6.07) is 11.1. The molecule has 1 unspecified atom stereocenters. The summed E-state index contributed by atoms with van der Waals surface area (Å²) in [4.78, 5) is 0. The van der Waals surface area contributed by atoms with Gasteiger partial charge in [-0.15, -0.1) is 0 Å². The van der Waals surface area contributed by atoms with Gasteiger partial charge in [0.05, 0.1) is 10.6 Å². The van der Waals surface area contributed by atoms with E-state index in [0.717, 1.165) is 15.6 Å². The first-order chi connectivity index (χ1) is 9.63. The number of fused-ring (bicyclic) bond motifs is 1. The first-order valence-electron chi connectivity index (χ1n) is 6.15. The molecule has 0 fully saturated rings. The van der Waals surface area contributed by atoms with Gasteiger partial charge in [0.15, 0.2) is 11.5 Å². The van der Waals surface area contributed by atoms with E-state index in [0.29, 0.717) is 22.9 Å². The Kier molecular flexibility index (Phi) is 3.87. The third kappa shape index (κ3) is 2.77. The number of halogens is 2. The van der Waals surface area contributed by atoms with Crippen LogP contribution in [0.2, 0.25) is 5.02 Å². The van der Waals surface area contributed by atoms with Crippen LogP contribution in [0.25, 0.3) is 0 Å². The molecule has 0 radical (unpaired) electrons. The molecular weight excluding hydrogens is 344 g/mol. The number of hydrogen-bond donors (Lipinski definition) is 1. The molecule has 1 atom stereocenters. The summed E-state index contributed by atoms with van der Waals surface area (Å²) in [7, 11) is 0. The molecule has 1 aliphatic heterocycles. The minimum Gasteiger partial charge on any atom is -0.454 e. The van der Waals surface area contributed by atoms with Gasteiger partial charge in [-0.3, -0.25) is 0 Å². The first-order valence-corrected chi connectivity index (χ1v) is 7.32. The molecule has 2 aromatic rings. The molecule has 0 amide bonds. The molecule has 20 heavy (non-hydrogen) atoms. The average Bonchev–Trinajstić information content (AvgIpc) is 2.90. The molecule has 2 aromatic carbocycles. The summed E-state index contributed by atoms with van der Waals surface area (Å²) in [5.74, 6) is 1.34. The summed E-state index contributed by atoms with van der Waals surface area (Å²) in [5.41, 5.74) is 1.81. The van der Waals surface area contributed by atoms with Crippen LogP contribution in [0, 0.1) is 0 Å². The number of aliphatic hydroxyl groups is 1. The van der Waals surface area contributed by atoms with Crippen LogP contribution in [-0.2, 0) is 6.42 Å². The number of benzene rings is 2. The monoisotopic (exact) mass is 354 g/mol. The first kappa shape index (κ1) is 13.7. The predicted molar refractivity (Wildman–Crippen MR) is 80.4 cm³/mol. The summed E-state index contributed by atoms with van der Waals surface area (Å²) < 4.78 is 11.5. The predicted octanol–water partition coefficient (Wildman–Crippen LogP) is 4.11.